The molecule has 0 spiro atoms. The maximum absolute atomic E-state index is 6.38. The molecule has 2 aromatic carbocycles. The molecule has 0 aromatic heterocycles. The second-order valence-corrected chi connectivity index (χ2v) is 5.10. The molecule has 0 aliphatic heterocycles. The molecule has 0 fully saturated rings. The highest BCUT2D eigenvalue weighted by atomic mass is 35.5. The molecule has 17 heavy (non-hydrogen) atoms. The molecule has 0 aliphatic rings. The van der Waals surface area contributed by atoms with Gasteiger partial charge in [0.2, 0.25) is 0 Å². The van der Waals surface area contributed by atoms with Crippen LogP contribution in [0.2, 0.25) is 10.0 Å². The standard InChI is InChI=1S/C14H13Cl2N/c1-14(17,10-5-3-2-4-6-10)11-7-12(15)9-13(16)8-11/h2-9H,17H2,1H3. The molecule has 0 amide bonds. The van der Waals surface area contributed by atoms with Crippen LogP contribution in [0.5, 0.6) is 0 Å². The Kier molecular flexibility index (Phi) is 3.43. The minimum absolute atomic E-state index is 0.597. The van der Waals surface area contributed by atoms with E-state index < -0.39 is 5.54 Å². The minimum Gasteiger partial charge on any atom is -0.318 e. The molecule has 2 rings (SSSR count). The van der Waals surface area contributed by atoms with Crippen molar-refractivity contribution in [3.05, 3.63) is 69.7 Å². The fraction of sp³-hybridized carbons (Fsp3) is 0.143. The van der Waals surface area contributed by atoms with Gasteiger partial charge in [-0.1, -0.05) is 53.5 Å². The first-order chi connectivity index (χ1) is 8.00. The van der Waals surface area contributed by atoms with Crippen LogP contribution in [0.15, 0.2) is 48.5 Å². The van der Waals surface area contributed by atoms with Crippen molar-refractivity contribution in [1.82, 2.24) is 0 Å². The lowest BCUT2D eigenvalue weighted by molar-refractivity contribution is 0.603. The molecule has 2 N–H and O–H groups in total. The highest BCUT2D eigenvalue weighted by molar-refractivity contribution is 6.34. The highest BCUT2D eigenvalue weighted by Crippen LogP contribution is 2.30. The van der Waals surface area contributed by atoms with Crippen LogP contribution in [0.4, 0.5) is 0 Å². The molecule has 0 saturated heterocycles. The molecular formula is C14H13Cl2N. The van der Waals surface area contributed by atoms with E-state index in [1.807, 2.05) is 49.4 Å². The topological polar surface area (TPSA) is 26.0 Å². The normalized spacial score (nSPS) is 14.4. The zero-order valence-electron chi connectivity index (χ0n) is 9.45. The first-order valence-electron chi connectivity index (χ1n) is 5.31. The van der Waals surface area contributed by atoms with Gasteiger partial charge in [-0.3, -0.25) is 0 Å². The number of hydrogen-bond donors (Lipinski definition) is 1. The lowest BCUT2D eigenvalue weighted by atomic mass is 9.86. The average molecular weight is 266 g/mol. The van der Waals surface area contributed by atoms with Gasteiger partial charge in [0.05, 0.1) is 5.54 Å². The van der Waals surface area contributed by atoms with Crippen LogP contribution in [0.1, 0.15) is 18.1 Å². The van der Waals surface area contributed by atoms with Gasteiger partial charge in [-0.05, 0) is 36.2 Å². The van der Waals surface area contributed by atoms with Gasteiger partial charge in [0.15, 0.2) is 0 Å². The quantitative estimate of drug-likeness (QED) is 0.865. The first-order valence-corrected chi connectivity index (χ1v) is 6.07. The van der Waals surface area contributed by atoms with Crippen molar-refractivity contribution in [3.8, 4) is 0 Å². The van der Waals surface area contributed by atoms with E-state index >= 15 is 0 Å². The second-order valence-electron chi connectivity index (χ2n) is 4.23. The Hall–Kier alpha value is -1.02. The predicted octanol–water partition coefficient (Wildman–Crippen LogP) is 4.22. The van der Waals surface area contributed by atoms with Gasteiger partial charge >= 0.3 is 0 Å². The van der Waals surface area contributed by atoms with Crippen molar-refractivity contribution in [1.29, 1.82) is 0 Å². The van der Waals surface area contributed by atoms with Crippen LogP contribution in [-0.4, -0.2) is 0 Å². The third-order valence-electron chi connectivity index (χ3n) is 2.84. The van der Waals surface area contributed by atoms with E-state index in [0.717, 1.165) is 11.1 Å². The summed E-state index contributed by atoms with van der Waals surface area (Å²) in [4.78, 5) is 0. The Labute approximate surface area is 111 Å². The summed E-state index contributed by atoms with van der Waals surface area (Å²) in [5.74, 6) is 0. The zero-order valence-corrected chi connectivity index (χ0v) is 11.0. The summed E-state index contributed by atoms with van der Waals surface area (Å²) < 4.78 is 0. The van der Waals surface area contributed by atoms with Crippen molar-refractivity contribution in [2.24, 2.45) is 5.73 Å². The molecule has 0 bridgehead atoms. The SMILES string of the molecule is CC(N)(c1ccccc1)c1cc(Cl)cc(Cl)c1. The maximum atomic E-state index is 6.38. The lowest BCUT2D eigenvalue weighted by Gasteiger charge is -2.26. The van der Waals surface area contributed by atoms with E-state index in [1.54, 1.807) is 6.07 Å². The van der Waals surface area contributed by atoms with Gasteiger partial charge in [-0.2, -0.15) is 0 Å². The summed E-state index contributed by atoms with van der Waals surface area (Å²) in [5.41, 5.74) is 7.71. The van der Waals surface area contributed by atoms with Gasteiger partial charge in [0, 0.05) is 10.0 Å². The fourth-order valence-corrected chi connectivity index (χ4v) is 2.33. The Balaban J connectivity index is 2.51. The third-order valence-corrected chi connectivity index (χ3v) is 3.27. The molecule has 0 saturated carbocycles. The minimum atomic E-state index is -0.601. The summed E-state index contributed by atoms with van der Waals surface area (Å²) in [6.45, 7) is 1.95. The molecule has 0 aliphatic carbocycles. The van der Waals surface area contributed by atoms with E-state index in [9.17, 15) is 0 Å². The third kappa shape index (κ3) is 2.63. The summed E-state index contributed by atoms with van der Waals surface area (Å²) in [6.07, 6.45) is 0. The maximum Gasteiger partial charge on any atom is 0.0637 e. The van der Waals surface area contributed by atoms with Crippen LogP contribution >= 0.6 is 23.2 Å². The molecule has 2 aromatic rings. The first kappa shape index (κ1) is 12.4. The summed E-state index contributed by atoms with van der Waals surface area (Å²) in [6, 6.07) is 15.3. The van der Waals surface area contributed by atoms with E-state index in [0.29, 0.717) is 10.0 Å². The van der Waals surface area contributed by atoms with Gasteiger partial charge in [-0.25, -0.2) is 0 Å². The number of hydrogen-bond acceptors (Lipinski definition) is 1. The van der Waals surface area contributed by atoms with Crippen LogP contribution in [-0.2, 0) is 5.54 Å². The van der Waals surface area contributed by atoms with Gasteiger partial charge in [0.1, 0.15) is 0 Å². The molecule has 3 heteroatoms. The van der Waals surface area contributed by atoms with Gasteiger partial charge in [-0.15, -0.1) is 0 Å². The van der Waals surface area contributed by atoms with E-state index in [2.05, 4.69) is 0 Å². The average Bonchev–Trinajstić information content (AvgIpc) is 2.29. The van der Waals surface area contributed by atoms with Crippen LogP contribution < -0.4 is 5.73 Å². The molecule has 0 heterocycles. The lowest BCUT2D eigenvalue weighted by Crippen LogP contribution is -2.34. The van der Waals surface area contributed by atoms with E-state index in [1.165, 1.54) is 0 Å². The van der Waals surface area contributed by atoms with Gasteiger partial charge in [0.25, 0.3) is 0 Å². The number of nitrogens with two attached hydrogens (primary N) is 1. The Bertz CT molecular complexity index is 501. The molecule has 1 unspecified atom stereocenters. The van der Waals surface area contributed by atoms with Crippen molar-refractivity contribution in [3.63, 3.8) is 0 Å². The highest BCUT2D eigenvalue weighted by Gasteiger charge is 2.24. The van der Waals surface area contributed by atoms with Gasteiger partial charge < -0.3 is 5.73 Å². The smallest absolute Gasteiger partial charge is 0.0637 e. The summed E-state index contributed by atoms with van der Waals surface area (Å²) >= 11 is 12.0. The van der Waals surface area contributed by atoms with Crippen LogP contribution in [0, 0.1) is 0 Å². The molecular weight excluding hydrogens is 253 g/mol. The molecule has 1 nitrogen and oxygen atoms in total. The number of halogens is 2. The van der Waals surface area contributed by atoms with Crippen LogP contribution in [0.25, 0.3) is 0 Å². The molecule has 1 atom stereocenters. The predicted molar refractivity (Wildman–Crippen MR) is 73.5 cm³/mol. The van der Waals surface area contributed by atoms with Crippen molar-refractivity contribution < 1.29 is 0 Å². The monoisotopic (exact) mass is 265 g/mol. The summed E-state index contributed by atoms with van der Waals surface area (Å²) in [7, 11) is 0. The second kappa shape index (κ2) is 4.69. The fourth-order valence-electron chi connectivity index (χ4n) is 1.80. The number of rotatable bonds is 2. The van der Waals surface area contributed by atoms with Crippen LogP contribution in [0.3, 0.4) is 0 Å². The zero-order chi connectivity index (χ0) is 12.5. The van der Waals surface area contributed by atoms with Crippen molar-refractivity contribution in [2.45, 2.75) is 12.5 Å². The summed E-state index contributed by atoms with van der Waals surface area (Å²) in [5, 5.41) is 1.19. The Morgan fingerprint density at radius 3 is 1.94 bits per heavy atom. The Morgan fingerprint density at radius 2 is 1.41 bits per heavy atom. The Morgan fingerprint density at radius 1 is 0.882 bits per heavy atom. The van der Waals surface area contributed by atoms with E-state index in [-0.39, 0.29) is 0 Å². The largest absolute Gasteiger partial charge is 0.318 e. The van der Waals surface area contributed by atoms with Crippen molar-refractivity contribution in [2.75, 3.05) is 0 Å². The van der Waals surface area contributed by atoms with E-state index in [4.69, 9.17) is 28.9 Å². The van der Waals surface area contributed by atoms with Crippen molar-refractivity contribution >= 4 is 23.2 Å². The molecule has 0 radical (unpaired) electrons. The molecule has 88 valence electrons. The number of benzene rings is 2.